The molecule has 0 saturated heterocycles. The third-order valence-electron chi connectivity index (χ3n) is 4.09. The van der Waals surface area contributed by atoms with Gasteiger partial charge in [0, 0.05) is 44.6 Å². The topological polar surface area (TPSA) is 63.1 Å². The molecule has 22 heavy (non-hydrogen) atoms. The van der Waals surface area contributed by atoms with E-state index in [9.17, 15) is 4.79 Å². The van der Waals surface area contributed by atoms with Crippen molar-refractivity contribution >= 4 is 11.7 Å². The van der Waals surface area contributed by atoms with E-state index in [0.717, 1.165) is 43.1 Å². The number of urea groups is 1. The molecular formula is C16H21N5O. The molecule has 0 unspecified atom stereocenters. The minimum atomic E-state index is -0.0976. The summed E-state index contributed by atoms with van der Waals surface area (Å²) in [4.78, 5) is 22.5. The van der Waals surface area contributed by atoms with E-state index in [1.165, 1.54) is 0 Å². The van der Waals surface area contributed by atoms with Gasteiger partial charge < -0.3 is 14.8 Å². The molecule has 2 aromatic heterocycles. The third-order valence-corrected chi connectivity index (χ3v) is 4.09. The molecule has 0 aromatic carbocycles. The number of rotatable bonds is 3. The molecule has 3 rings (SSSR count). The zero-order valence-electron chi connectivity index (χ0n) is 13.0. The number of hydrogen-bond acceptors (Lipinski definition) is 3. The maximum atomic E-state index is 12.2. The second-order valence-corrected chi connectivity index (χ2v) is 5.89. The van der Waals surface area contributed by atoms with Gasteiger partial charge in [-0.2, -0.15) is 0 Å². The summed E-state index contributed by atoms with van der Waals surface area (Å²) in [5.41, 5.74) is 1.66. The Labute approximate surface area is 130 Å². The van der Waals surface area contributed by atoms with Crippen molar-refractivity contribution in [1.29, 1.82) is 0 Å². The van der Waals surface area contributed by atoms with Crippen molar-refractivity contribution in [3.05, 3.63) is 42.2 Å². The highest BCUT2D eigenvalue weighted by molar-refractivity contribution is 5.88. The van der Waals surface area contributed by atoms with Crippen LogP contribution in [0.3, 0.4) is 0 Å². The van der Waals surface area contributed by atoms with Gasteiger partial charge >= 0.3 is 6.03 Å². The first-order chi connectivity index (χ1) is 10.6. The third kappa shape index (κ3) is 3.27. The summed E-state index contributed by atoms with van der Waals surface area (Å²) in [6, 6.07) is 3.65. The van der Waals surface area contributed by atoms with Crippen LogP contribution >= 0.6 is 0 Å². The molecule has 116 valence electrons. The van der Waals surface area contributed by atoms with Crippen molar-refractivity contribution in [2.75, 3.05) is 18.9 Å². The molecule has 0 spiro atoms. The number of aromatic nitrogens is 3. The first-order valence-electron chi connectivity index (χ1n) is 7.56. The lowest BCUT2D eigenvalue weighted by atomic mass is 9.97. The van der Waals surface area contributed by atoms with Crippen LogP contribution in [0.2, 0.25) is 0 Å². The molecule has 0 saturated carbocycles. The number of carbonyl (C=O) groups is 1. The smallest absolute Gasteiger partial charge is 0.321 e. The van der Waals surface area contributed by atoms with Gasteiger partial charge in [0.2, 0.25) is 0 Å². The molecular weight excluding hydrogens is 278 g/mol. The fourth-order valence-electron chi connectivity index (χ4n) is 2.80. The molecule has 0 bridgehead atoms. The summed E-state index contributed by atoms with van der Waals surface area (Å²) in [5, 5.41) is 2.88. The largest absolute Gasteiger partial charge is 0.335 e. The maximum absolute atomic E-state index is 12.2. The Morgan fingerprint density at radius 3 is 3.09 bits per heavy atom. The van der Waals surface area contributed by atoms with Gasteiger partial charge in [0.25, 0.3) is 0 Å². The van der Waals surface area contributed by atoms with Gasteiger partial charge in [0.1, 0.15) is 5.82 Å². The highest BCUT2D eigenvalue weighted by atomic mass is 16.2. The van der Waals surface area contributed by atoms with Crippen molar-refractivity contribution in [2.24, 2.45) is 5.92 Å². The number of pyridine rings is 1. The zero-order valence-corrected chi connectivity index (χ0v) is 13.0. The van der Waals surface area contributed by atoms with Crippen molar-refractivity contribution in [3.63, 3.8) is 0 Å². The van der Waals surface area contributed by atoms with Gasteiger partial charge in [-0.25, -0.2) is 9.78 Å². The molecule has 6 nitrogen and oxygen atoms in total. The molecule has 1 aliphatic rings. The second-order valence-electron chi connectivity index (χ2n) is 5.89. The summed E-state index contributed by atoms with van der Waals surface area (Å²) in [5.74, 6) is 1.58. The van der Waals surface area contributed by atoms with Crippen LogP contribution in [0.25, 0.3) is 0 Å². The second kappa shape index (κ2) is 6.17. The Kier molecular flexibility index (Phi) is 4.09. The fourth-order valence-corrected chi connectivity index (χ4v) is 2.80. The number of anilines is 1. The molecule has 1 atom stereocenters. The number of aryl methyl sites for hydroxylation is 2. The van der Waals surface area contributed by atoms with Crippen molar-refractivity contribution in [2.45, 2.75) is 26.3 Å². The van der Waals surface area contributed by atoms with E-state index in [-0.39, 0.29) is 6.03 Å². The van der Waals surface area contributed by atoms with E-state index < -0.39 is 0 Å². The predicted octanol–water partition coefficient (Wildman–Crippen LogP) is 2.31. The zero-order chi connectivity index (χ0) is 15.5. The van der Waals surface area contributed by atoms with Gasteiger partial charge in [0.15, 0.2) is 0 Å². The van der Waals surface area contributed by atoms with E-state index in [4.69, 9.17) is 0 Å². The van der Waals surface area contributed by atoms with Crippen LogP contribution in [0, 0.1) is 12.8 Å². The lowest BCUT2D eigenvalue weighted by Crippen LogP contribution is -2.37. The number of amides is 2. The molecule has 3 heterocycles. The standard InChI is InChI=1S/C16H21N5O/c1-12-3-4-14(10-18-12)19-16(22)20(2)11-13-5-7-21-8-6-17-15(21)9-13/h3-4,6,8,10,13H,5,7,9,11H2,1-2H3,(H,19,22)/t13-/m1/s1. The summed E-state index contributed by atoms with van der Waals surface area (Å²) >= 11 is 0. The van der Waals surface area contributed by atoms with Crippen LogP contribution < -0.4 is 5.32 Å². The normalized spacial score (nSPS) is 16.9. The number of fused-ring (bicyclic) bond motifs is 1. The lowest BCUT2D eigenvalue weighted by molar-refractivity contribution is 0.207. The summed E-state index contributed by atoms with van der Waals surface area (Å²) < 4.78 is 2.19. The molecule has 1 aliphatic heterocycles. The van der Waals surface area contributed by atoms with Gasteiger partial charge in [-0.3, -0.25) is 4.98 Å². The Balaban J connectivity index is 1.54. The fraction of sp³-hybridized carbons (Fsp3) is 0.438. The number of imidazole rings is 1. The van der Waals surface area contributed by atoms with Crippen molar-refractivity contribution < 1.29 is 4.79 Å². The van der Waals surface area contributed by atoms with E-state index in [0.29, 0.717) is 5.92 Å². The Hall–Kier alpha value is -2.37. The van der Waals surface area contributed by atoms with E-state index in [1.807, 2.05) is 38.5 Å². The van der Waals surface area contributed by atoms with E-state index >= 15 is 0 Å². The van der Waals surface area contributed by atoms with Crippen LogP contribution in [-0.2, 0) is 13.0 Å². The SMILES string of the molecule is Cc1ccc(NC(=O)N(C)C[C@@H]2CCn3ccnc3C2)cn1. The van der Waals surface area contributed by atoms with Crippen LogP contribution in [0.1, 0.15) is 17.9 Å². The van der Waals surface area contributed by atoms with Crippen LogP contribution in [0.4, 0.5) is 10.5 Å². The van der Waals surface area contributed by atoms with Crippen molar-refractivity contribution in [1.82, 2.24) is 19.4 Å². The quantitative estimate of drug-likeness (QED) is 0.946. The van der Waals surface area contributed by atoms with Gasteiger partial charge in [-0.1, -0.05) is 0 Å². The van der Waals surface area contributed by atoms with Gasteiger partial charge in [-0.15, -0.1) is 0 Å². The number of nitrogens with zero attached hydrogens (tertiary/aromatic N) is 4. The molecule has 6 heteroatoms. The first kappa shape index (κ1) is 14.6. The van der Waals surface area contributed by atoms with Crippen LogP contribution in [0.15, 0.2) is 30.7 Å². The number of hydrogen-bond donors (Lipinski definition) is 1. The Morgan fingerprint density at radius 1 is 1.45 bits per heavy atom. The Bertz CT molecular complexity index is 649. The average molecular weight is 299 g/mol. The van der Waals surface area contributed by atoms with Crippen LogP contribution in [-0.4, -0.2) is 39.1 Å². The highest BCUT2D eigenvalue weighted by Gasteiger charge is 2.22. The monoisotopic (exact) mass is 299 g/mol. The predicted molar refractivity (Wildman–Crippen MR) is 84.7 cm³/mol. The van der Waals surface area contributed by atoms with Crippen molar-refractivity contribution in [3.8, 4) is 0 Å². The summed E-state index contributed by atoms with van der Waals surface area (Å²) in [6.07, 6.45) is 7.55. The first-order valence-corrected chi connectivity index (χ1v) is 7.56. The molecule has 2 amide bonds. The lowest BCUT2D eigenvalue weighted by Gasteiger charge is -2.27. The highest BCUT2D eigenvalue weighted by Crippen LogP contribution is 2.20. The number of nitrogens with one attached hydrogen (secondary N) is 1. The number of carbonyl (C=O) groups excluding carboxylic acids is 1. The summed E-state index contributed by atoms with van der Waals surface area (Å²) in [6.45, 7) is 3.64. The minimum absolute atomic E-state index is 0.0976. The average Bonchev–Trinajstić information content (AvgIpc) is 2.97. The van der Waals surface area contributed by atoms with Gasteiger partial charge in [-0.05, 0) is 31.4 Å². The Morgan fingerprint density at radius 2 is 2.32 bits per heavy atom. The van der Waals surface area contributed by atoms with E-state index in [2.05, 4.69) is 19.9 Å². The molecule has 0 fully saturated rings. The molecule has 1 N–H and O–H groups in total. The molecule has 0 aliphatic carbocycles. The van der Waals surface area contributed by atoms with Crippen LogP contribution in [0.5, 0.6) is 0 Å². The maximum Gasteiger partial charge on any atom is 0.321 e. The molecule has 2 aromatic rings. The minimum Gasteiger partial charge on any atom is -0.335 e. The summed E-state index contributed by atoms with van der Waals surface area (Å²) in [7, 11) is 1.83. The molecule has 0 radical (unpaired) electrons. The van der Waals surface area contributed by atoms with E-state index in [1.54, 1.807) is 11.1 Å². The van der Waals surface area contributed by atoms with Gasteiger partial charge in [0.05, 0.1) is 11.9 Å².